The van der Waals surface area contributed by atoms with Gasteiger partial charge in [-0.25, -0.2) is 0 Å². The van der Waals surface area contributed by atoms with Gasteiger partial charge in [0, 0.05) is 12.2 Å². The highest BCUT2D eigenvalue weighted by atomic mass is 19.4. The molecule has 1 N–H and O–H groups in total. The van der Waals surface area contributed by atoms with Crippen LogP contribution in [0.25, 0.3) is 0 Å². The van der Waals surface area contributed by atoms with Gasteiger partial charge in [-0.15, -0.1) is 0 Å². The van der Waals surface area contributed by atoms with Crippen LogP contribution in [0.3, 0.4) is 0 Å². The monoisotopic (exact) mass is 293 g/mol. The fourth-order valence-electron chi connectivity index (χ4n) is 2.25. The van der Waals surface area contributed by atoms with Crippen LogP contribution in [0.15, 0.2) is 42.5 Å². The van der Waals surface area contributed by atoms with E-state index in [0.717, 1.165) is 23.6 Å². The first-order chi connectivity index (χ1) is 9.91. The van der Waals surface area contributed by atoms with E-state index in [9.17, 15) is 13.2 Å². The van der Waals surface area contributed by atoms with Crippen LogP contribution in [-0.4, -0.2) is 0 Å². The third kappa shape index (κ3) is 3.78. The molecule has 0 aliphatic rings. The first-order valence-corrected chi connectivity index (χ1v) is 6.90. The Labute approximate surface area is 122 Å². The Morgan fingerprint density at radius 3 is 2.29 bits per heavy atom. The second kappa shape index (κ2) is 6.20. The quantitative estimate of drug-likeness (QED) is 0.818. The minimum atomic E-state index is -4.31. The van der Waals surface area contributed by atoms with E-state index in [1.165, 1.54) is 17.7 Å². The van der Waals surface area contributed by atoms with Crippen molar-refractivity contribution in [2.24, 2.45) is 0 Å². The summed E-state index contributed by atoms with van der Waals surface area (Å²) in [5.41, 5.74) is 3.01. The number of rotatable bonds is 4. The van der Waals surface area contributed by atoms with Gasteiger partial charge in [-0.05, 0) is 42.2 Å². The zero-order valence-corrected chi connectivity index (χ0v) is 12.1. The largest absolute Gasteiger partial charge is 0.416 e. The molecule has 2 rings (SSSR count). The molecular weight excluding hydrogens is 275 g/mol. The third-order valence-corrected chi connectivity index (χ3v) is 3.53. The Bertz CT molecular complexity index is 618. The molecule has 0 heterocycles. The Kier molecular flexibility index (Phi) is 4.56. The van der Waals surface area contributed by atoms with Crippen LogP contribution >= 0.6 is 0 Å². The van der Waals surface area contributed by atoms with Gasteiger partial charge in [-0.3, -0.25) is 0 Å². The normalized spacial score (nSPS) is 11.5. The molecular formula is C17H18F3N. The minimum absolute atomic E-state index is 0.520. The number of anilines is 1. The number of aryl methyl sites for hydroxylation is 2. The molecule has 2 aromatic rings. The second-order valence-corrected chi connectivity index (χ2v) is 5.00. The van der Waals surface area contributed by atoms with Crippen molar-refractivity contribution in [3.05, 3.63) is 64.7 Å². The van der Waals surface area contributed by atoms with E-state index in [4.69, 9.17) is 0 Å². The van der Waals surface area contributed by atoms with E-state index in [1.54, 1.807) is 6.92 Å². The highest BCUT2D eigenvalue weighted by Gasteiger charge is 2.30. The van der Waals surface area contributed by atoms with Gasteiger partial charge in [0.2, 0.25) is 0 Å². The molecule has 21 heavy (non-hydrogen) atoms. The third-order valence-electron chi connectivity index (χ3n) is 3.53. The molecule has 0 radical (unpaired) electrons. The van der Waals surface area contributed by atoms with E-state index < -0.39 is 11.7 Å². The second-order valence-electron chi connectivity index (χ2n) is 5.00. The summed E-state index contributed by atoms with van der Waals surface area (Å²) in [5.74, 6) is 0. The van der Waals surface area contributed by atoms with Gasteiger partial charge in [-0.1, -0.05) is 37.3 Å². The van der Waals surface area contributed by atoms with Crippen LogP contribution in [0, 0.1) is 6.92 Å². The lowest BCUT2D eigenvalue weighted by molar-refractivity contribution is -0.137. The topological polar surface area (TPSA) is 12.0 Å². The number of alkyl halides is 3. The van der Waals surface area contributed by atoms with Gasteiger partial charge in [-0.2, -0.15) is 13.2 Å². The van der Waals surface area contributed by atoms with Gasteiger partial charge in [0.25, 0.3) is 0 Å². The zero-order valence-electron chi connectivity index (χ0n) is 12.1. The molecule has 0 unspecified atom stereocenters. The molecule has 2 aromatic carbocycles. The van der Waals surface area contributed by atoms with Crippen molar-refractivity contribution < 1.29 is 13.2 Å². The standard InChI is InChI=1S/C17H18F3N/c1-3-13-6-4-5-7-14(13)11-21-16-10-15(17(18,19)20)9-8-12(16)2/h4-10,21H,3,11H2,1-2H3. The van der Waals surface area contributed by atoms with Gasteiger partial charge in [0.1, 0.15) is 0 Å². The lowest BCUT2D eigenvalue weighted by Gasteiger charge is -2.14. The van der Waals surface area contributed by atoms with E-state index in [0.29, 0.717) is 12.2 Å². The predicted octanol–water partition coefficient (Wildman–Crippen LogP) is 5.19. The number of hydrogen-bond acceptors (Lipinski definition) is 1. The molecule has 112 valence electrons. The summed E-state index contributed by atoms with van der Waals surface area (Å²) < 4.78 is 38.3. The molecule has 0 aliphatic carbocycles. The highest BCUT2D eigenvalue weighted by molar-refractivity contribution is 5.53. The highest BCUT2D eigenvalue weighted by Crippen LogP contribution is 2.32. The average Bonchev–Trinajstić information content (AvgIpc) is 2.45. The summed E-state index contributed by atoms with van der Waals surface area (Å²) in [6.07, 6.45) is -3.41. The van der Waals surface area contributed by atoms with Crippen molar-refractivity contribution in [2.75, 3.05) is 5.32 Å². The predicted molar refractivity (Wildman–Crippen MR) is 79.3 cm³/mol. The zero-order chi connectivity index (χ0) is 15.5. The molecule has 0 saturated heterocycles. The summed E-state index contributed by atoms with van der Waals surface area (Å²) in [4.78, 5) is 0. The van der Waals surface area contributed by atoms with Crippen molar-refractivity contribution in [3.8, 4) is 0 Å². The van der Waals surface area contributed by atoms with E-state index in [-0.39, 0.29) is 0 Å². The Morgan fingerprint density at radius 2 is 1.67 bits per heavy atom. The molecule has 0 spiro atoms. The fraction of sp³-hybridized carbons (Fsp3) is 0.294. The molecule has 0 saturated carbocycles. The maximum absolute atomic E-state index is 12.8. The van der Waals surface area contributed by atoms with Crippen molar-refractivity contribution in [1.29, 1.82) is 0 Å². The molecule has 0 aliphatic heterocycles. The van der Waals surface area contributed by atoms with Crippen molar-refractivity contribution in [1.82, 2.24) is 0 Å². The lowest BCUT2D eigenvalue weighted by Crippen LogP contribution is -2.08. The van der Waals surface area contributed by atoms with E-state index in [2.05, 4.69) is 12.2 Å². The van der Waals surface area contributed by atoms with E-state index in [1.807, 2.05) is 24.3 Å². The van der Waals surface area contributed by atoms with Crippen molar-refractivity contribution in [2.45, 2.75) is 33.0 Å². The average molecular weight is 293 g/mol. The van der Waals surface area contributed by atoms with Crippen LogP contribution in [0.2, 0.25) is 0 Å². The van der Waals surface area contributed by atoms with Gasteiger partial charge in [0.05, 0.1) is 5.56 Å². The van der Waals surface area contributed by atoms with Crippen molar-refractivity contribution >= 4 is 5.69 Å². The summed E-state index contributed by atoms with van der Waals surface area (Å²) in [6.45, 7) is 4.38. The number of hydrogen-bond donors (Lipinski definition) is 1. The fourth-order valence-corrected chi connectivity index (χ4v) is 2.25. The lowest BCUT2D eigenvalue weighted by atomic mass is 10.0. The van der Waals surface area contributed by atoms with Crippen LogP contribution < -0.4 is 5.32 Å². The molecule has 0 bridgehead atoms. The molecule has 0 amide bonds. The van der Waals surface area contributed by atoms with Crippen LogP contribution in [-0.2, 0) is 19.1 Å². The maximum atomic E-state index is 12.8. The smallest absolute Gasteiger partial charge is 0.381 e. The van der Waals surface area contributed by atoms with Gasteiger partial charge < -0.3 is 5.32 Å². The van der Waals surface area contributed by atoms with Gasteiger partial charge >= 0.3 is 6.18 Å². The summed E-state index contributed by atoms with van der Waals surface area (Å²) in [7, 11) is 0. The Balaban J connectivity index is 2.20. The Morgan fingerprint density at radius 1 is 1.00 bits per heavy atom. The van der Waals surface area contributed by atoms with E-state index >= 15 is 0 Å². The first kappa shape index (κ1) is 15.4. The molecule has 0 aromatic heterocycles. The van der Waals surface area contributed by atoms with Crippen LogP contribution in [0.5, 0.6) is 0 Å². The SMILES string of the molecule is CCc1ccccc1CNc1cc(C(F)(F)F)ccc1C. The molecule has 1 nitrogen and oxygen atoms in total. The van der Waals surface area contributed by atoms with Crippen molar-refractivity contribution in [3.63, 3.8) is 0 Å². The summed E-state index contributed by atoms with van der Waals surface area (Å²) >= 11 is 0. The summed E-state index contributed by atoms with van der Waals surface area (Å²) in [5, 5.41) is 3.12. The van der Waals surface area contributed by atoms with Crippen LogP contribution in [0.1, 0.15) is 29.2 Å². The number of nitrogens with one attached hydrogen (secondary N) is 1. The first-order valence-electron chi connectivity index (χ1n) is 6.90. The molecule has 0 atom stereocenters. The van der Waals surface area contributed by atoms with Crippen LogP contribution in [0.4, 0.5) is 18.9 Å². The van der Waals surface area contributed by atoms with Gasteiger partial charge in [0.15, 0.2) is 0 Å². The molecule has 4 heteroatoms. The summed E-state index contributed by atoms with van der Waals surface area (Å²) in [6, 6.07) is 11.7. The minimum Gasteiger partial charge on any atom is -0.381 e. The maximum Gasteiger partial charge on any atom is 0.416 e. The molecule has 0 fully saturated rings. The number of benzene rings is 2. The number of halogens is 3. The Hall–Kier alpha value is -1.97.